The number of rotatable bonds is 2. The molecule has 0 aromatic heterocycles. The summed E-state index contributed by atoms with van der Waals surface area (Å²) in [5, 5.41) is 8.57. The van der Waals surface area contributed by atoms with Gasteiger partial charge in [0.2, 0.25) is 0 Å². The summed E-state index contributed by atoms with van der Waals surface area (Å²) in [6.07, 6.45) is 0.789. The highest BCUT2D eigenvalue weighted by Crippen LogP contribution is 2.26. The van der Waals surface area contributed by atoms with Gasteiger partial charge in [-0.1, -0.05) is 30.7 Å². The SMILES string of the molecule is CCc1cccc(Cl)c1NC(=O)NC(=NC)NC. The quantitative estimate of drug-likeness (QED) is 0.569. The molecule has 6 heteroatoms. The van der Waals surface area contributed by atoms with Crippen molar-refractivity contribution in [3.8, 4) is 0 Å². The lowest BCUT2D eigenvalue weighted by Crippen LogP contribution is -2.41. The molecule has 0 heterocycles. The van der Waals surface area contributed by atoms with E-state index in [1.807, 2.05) is 19.1 Å². The van der Waals surface area contributed by atoms with E-state index in [4.69, 9.17) is 11.6 Å². The number of anilines is 1. The molecule has 0 atom stereocenters. The molecule has 1 aromatic carbocycles. The van der Waals surface area contributed by atoms with Gasteiger partial charge >= 0.3 is 6.03 Å². The van der Waals surface area contributed by atoms with E-state index < -0.39 is 0 Å². The van der Waals surface area contributed by atoms with Crippen LogP contribution in [-0.4, -0.2) is 26.1 Å². The maximum atomic E-state index is 11.8. The molecule has 18 heavy (non-hydrogen) atoms. The fourth-order valence-electron chi connectivity index (χ4n) is 1.49. The van der Waals surface area contributed by atoms with E-state index in [0.29, 0.717) is 16.7 Å². The first-order valence-corrected chi connectivity index (χ1v) is 6.00. The van der Waals surface area contributed by atoms with Crippen LogP contribution in [0.2, 0.25) is 5.02 Å². The fourth-order valence-corrected chi connectivity index (χ4v) is 1.73. The Balaban J connectivity index is 2.82. The van der Waals surface area contributed by atoms with E-state index in [1.165, 1.54) is 0 Å². The van der Waals surface area contributed by atoms with Crippen LogP contribution < -0.4 is 16.0 Å². The number of carbonyl (C=O) groups excluding carboxylic acids is 1. The van der Waals surface area contributed by atoms with Crippen molar-refractivity contribution < 1.29 is 4.79 Å². The lowest BCUT2D eigenvalue weighted by Gasteiger charge is -2.13. The first kappa shape index (κ1) is 14.3. The van der Waals surface area contributed by atoms with Gasteiger partial charge in [0.1, 0.15) is 0 Å². The highest BCUT2D eigenvalue weighted by molar-refractivity contribution is 6.34. The van der Waals surface area contributed by atoms with E-state index >= 15 is 0 Å². The molecule has 5 nitrogen and oxygen atoms in total. The smallest absolute Gasteiger partial charge is 0.326 e. The third kappa shape index (κ3) is 3.63. The number of carbonyl (C=O) groups is 1. The zero-order valence-electron chi connectivity index (χ0n) is 10.7. The number of amides is 2. The van der Waals surface area contributed by atoms with Crippen LogP contribution in [0.1, 0.15) is 12.5 Å². The molecule has 0 bridgehead atoms. The number of nitrogens with one attached hydrogen (secondary N) is 3. The molecule has 0 unspecified atom stereocenters. The molecular formula is C12H17ClN4O. The fraction of sp³-hybridized carbons (Fsp3) is 0.333. The summed E-state index contributed by atoms with van der Waals surface area (Å²) in [6.45, 7) is 2.00. The summed E-state index contributed by atoms with van der Waals surface area (Å²) >= 11 is 6.07. The van der Waals surface area contributed by atoms with Gasteiger partial charge in [-0.2, -0.15) is 0 Å². The van der Waals surface area contributed by atoms with Gasteiger partial charge in [0, 0.05) is 14.1 Å². The van der Waals surface area contributed by atoms with Gasteiger partial charge in [0.25, 0.3) is 0 Å². The van der Waals surface area contributed by atoms with Crippen molar-refractivity contribution in [1.82, 2.24) is 10.6 Å². The van der Waals surface area contributed by atoms with Crippen LogP contribution in [0.25, 0.3) is 0 Å². The van der Waals surface area contributed by atoms with Gasteiger partial charge in [-0.15, -0.1) is 0 Å². The highest BCUT2D eigenvalue weighted by atomic mass is 35.5. The van der Waals surface area contributed by atoms with Gasteiger partial charge in [-0.05, 0) is 18.1 Å². The molecule has 0 saturated carbocycles. The zero-order chi connectivity index (χ0) is 13.5. The predicted octanol–water partition coefficient (Wildman–Crippen LogP) is 2.23. The van der Waals surface area contributed by atoms with Crippen molar-refractivity contribution in [3.05, 3.63) is 28.8 Å². The van der Waals surface area contributed by atoms with Crippen molar-refractivity contribution in [1.29, 1.82) is 0 Å². The number of aliphatic imine (C=N–C) groups is 1. The largest absolute Gasteiger partial charge is 0.359 e. The Hall–Kier alpha value is -1.75. The molecule has 1 rings (SSSR count). The lowest BCUT2D eigenvalue weighted by atomic mass is 10.1. The molecule has 0 aliphatic carbocycles. The van der Waals surface area contributed by atoms with E-state index in [9.17, 15) is 4.79 Å². The minimum atomic E-state index is -0.382. The van der Waals surface area contributed by atoms with Crippen molar-refractivity contribution in [2.24, 2.45) is 4.99 Å². The summed E-state index contributed by atoms with van der Waals surface area (Å²) in [5.74, 6) is 0.387. The number of benzene rings is 1. The third-order valence-electron chi connectivity index (χ3n) is 2.41. The molecule has 2 amide bonds. The summed E-state index contributed by atoms with van der Waals surface area (Å²) in [4.78, 5) is 15.6. The molecule has 1 aromatic rings. The standard InChI is InChI=1S/C12H17ClN4O/c1-4-8-6-5-7-9(13)10(8)16-12(18)17-11(14-2)15-3/h5-7H,4H2,1-3H3,(H3,14,15,16,17,18). The second kappa shape index (κ2) is 6.86. The van der Waals surface area contributed by atoms with Crippen LogP contribution in [0.15, 0.2) is 23.2 Å². The topological polar surface area (TPSA) is 65.5 Å². The van der Waals surface area contributed by atoms with Crippen LogP contribution in [0.4, 0.5) is 10.5 Å². The van der Waals surface area contributed by atoms with Crippen LogP contribution in [-0.2, 0) is 6.42 Å². The first-order valence-electron chi connectivity index (χ1n) is 5.62. The van der Waals surface area contributed by atoms with Gasteiger partial charge in [0.15, 0.2) is 5.96 Å². The maximum absolute atomic E-state index is 11.8. The maximum Gasteiger partial charge on any atom is 0.326 e. The molecule has 0 radical (unpaired) electrons. The molecule has 98 valence electrons. The Morgan fingerprint density at radius 1 is 1.44 bits per heavy atom. The van der Waals surface area contributed by atoms with Crippen LogP contribution in [0.3, 0.4) is 0 Å². The highest BCUT2D eigenvalue weighted by Gasteiger charge is 2.10. The van der Waals surface area contributed by atoms with Gasteiger partial charge in [-0.25, -0.2) is 4.79 Å². The monoisotopic (exact) mass is 268 g/mol. The first-order chi connectivity index (χ1) is 8.62. The Morgan fingerprint density at radius 2 is 2.17 bits per heavy atom. The average Bonchev–Trinajstić information content (AvgIpc) is 2.38. The summed E-state index contributed by atoms with van der Waals surface area (Å²) in [5.41, 5.74) is 1.61. The van der Waals surface area contributed by atoms with Crippen molar-refractivity contribution in [2.45, 2.75) is 13.3 Å². The third-order valence-corrected chi connectivity index (χ3v) is 2.73. The summed E-state index contributed by atoms with van der Waals surface area (Å²) in [7, 11) is 3.26. The molecule has 0 saturated heterocycles. The molecule has 0 fully saturated rings. The summed E-state index contributed by atoms with van der Waals surface area (Å²) in [6, 6.07) is 5.14. The van der Waals surface area contributed by atoms with Crippen LogP contribution >= 0.6 is 11.6 Å². The van der Waals surface area contributed by atoms with Gasteiger partial charge in [-0.3, -0.25) is 10.3 Å². The number of urea groups is 1. The Morgan fingerprint density at radius 3 is 2.72 bits per heavy atom. The normalized spacial score (nSPS) is 11.0. The Labute approximate surface area is 112 Å². The van der Waals surface area contributed by atoms with E-state index in [1.54, 1.807) is 20.2 Å². The molecule has 0 aliphatic heterocycles. The van der Waals surface area contributed by atoms with E-state index in [-0.39, 0.29) is 6.03 Å². The van der Waals surface area contributed by atoms with Gasteiger partial charge in [0.05, 0.1) is 10.7 Å². The minimum absolute atomic E-state index is 0.382. The lowest BCUT2D eigenvalue weighted by molar-refractivity contribution is 0.256. The number of nitrogens with zero attached hydrogens (tertiary/aromatic N) is 1. The zero-order valence-corrected chi connectivity index (χ0v) is 11.4. The Bertz CT molecular complexity index is 459. The molecule has 0 spiro atoms. The number of aryl methyl sites for hydroxylation is 1. The number of para-hydroxylation sites is 1. The number of guanidine groups is 1. The second-order valence-electron chi connectivity index (χ2n) is 3.53. The van der Waals surface area contributed by atoms with Crippen molar-refractivity contribution in [3.63, 3.8) is 0 Å². The molecular weight excluding hydrogens is 252 g/mol. The van der Waals surface area contributed by atoms with Crippen LogP contribution in [0, 0.1) is 0 Å². The van der Waals surface area contributed by atoms with Crippen molar-refractivity contribution >= 4 is 29.3 Å². The minimum Gasteiger partial charge on any atom is -0.359 e. The van der Waals surface area contributed by atoms with E-state index in [2.05, 4.69) is 20.9 Å². The number of halogens is 1. The number of hydrogen-bond acceptors (Lipinski definition) is 2. The summed E-state index contributed by atoms with van der Waals surface area (Å²) < 4.78 is 0. The van der Waals surface area contributed by atoms with Crippen LogP contribution in [0.5, 0.6) is 0 Å². The predicted molar refractivity (Wildman–Crippen MR) is 75.4 cm³/mol. The van der Waals surface area contributed by atoms with E-state index in [0.717, 1.165) is 12.0 Å². The van der Waals surface area contributed by atoms with Gasteiger partial charge < -0.3 is 10.6 Å². The Kier molecular flexibility index (Phi) is 5.45. The average molecular weight is 269 g/mol. The number of hydrogen-bond donors (Lipinski definition) is 3. The van der Waals surface area contributed by atoms with Crippen molar-refractivity contribution in [2.75, 3.05) is 19.4 Å². The molecule has 0 aliphatic rings. The second-order valence-corrected chi connectivity index (χ2v) is 3.94. The molecule has 3 N–H and O–H groups in total.